The number of carbonyl (C=O) groups is 1. The van der Waals surface area contributed by atoms with E-state index in [1.807, 2.05) is 44.2 Å². The fourth-order valence-corrected chi connectivity index (χ4v) is 3.77. The Hall–Kier alpha value is -3.34. The highest BCUT2D eigenvalue weighted by atomic mass is 16.5. The Balaban J connectivity index is 1.32. The van der Waals surface area contributed by atoms with E-state index in [0.29, 0.717) is 5.88 Å². The molecule has 5 nitrogen and oxygen atoms in total. The highest BCUT2D eigenvalue weighted by Gasteiger charge is 2.21. The number of hydrogen-bond donors (Lipinski definition) is 1. The summed E-state index contributed by atoms with van der Waals surface area (Å²) in [6, 6.07) is 20.2. The van der Waals surface area contributed by atoms with Gasteiger partial charge in [-0.2, -0.15) is 0 Å². The number of nitrogens with zero attached hydrogens (tertiary/aromatic N) is 1. The smallest absolute Gasteiger partial charge is 0.219 e. The third-order valence-corrected chi connectivity index (χ3v) is 5.96. The summed E-state index contributed by atoms with van der Waals surface area (Å²) in [6.07, 6.45) is 4.38. The van der Waals surface area contributed by atoms with Crippen LogP contribution in [0.2, 0.25) is 0 Å². The molecular weight excluding hydrogens is 412 g/mol. The molecule has 0 spiro atoms. The van der Waals surface area contributed by atoms with Crippen LogP contribution >= 0.6 is 0 Å². The molecule has 172 valence electrons. The molecule has 5 heteroatoms. The van der Waals surface area contributed by atoms with Gasteiger partial charge in [0.2, 0.25) is 11.8 Å². The summed E-state index contributed by atoms with van der Waals surface area (Å²) in [6.45, 7) is 6.34. The molecule has 1 aliphatic carbocycles. The Morgan fingerprint density at radius 1 is 1.06 bits per heavy atom. The van der Waals surface area contributed by atoms with Crippen molar-refractivity contribution in [3.05, 3.63) is 83.0 Å². The van der Waals surface area contributed by atoms with Crippen LogP contribution in [0, 0.1) is 12.8 Å². The van der Waals surface area contributed by atoms with Crippen molar-refractivity contribution in [3.8, 4) is 17.4 Å². The van der Waals surface area contributed by atoms with E-state index in [2.05, 4.69) is 40.6 Å². The number of hydrogen-bond acceptors (Lipinski definition) is 4. The molecule has 1 saturated carbocycles. The standard InChI is InChI=1S/C28H32N2O3/c1-19(29-21(3)31)24-12-9-22(10-13-24)11-14-25-15-16-28(30-20(25)2)33-27-6-4-5-26(17-27)32-18-23-7-8-23/h4-6,9-10,12-13,15-17,19,23H,7-8,11,14,18H2,1-3H3,(H,29,31). The number of nitrogens with one attached hydrogen (secondary N) is 1. The van der Waals surface area contributed by atoms with Crippen molar-refractivity contribution in [1.29, 1.82) is 0 Å². The number of amides is 1. The van der Waals surface area contributed by atoms with Crippen LogP contribution in [0.5, 0.6) is 17.4 Å². The normalized spacial score (nSPS) is 13.9. The molecule has 4 rings (SSSR count). The third-order valence-electron chi connectivity index (χ3n) is 5.96. The van der Waals surface area contributed by atoms with Gasteiger partial charge in [-0.05, 0) is 74.3 Å². The molecule has 1 heterocycles. The van der Waals surface area contributed by atoms with Crippen molar-refractivity contribution in [2.24, 2.45) is 5.92 Å². The summed E-state index contributed by atoms with van der Waals surface area (Å²) >= 11 is 0. The zero-order chi connectivity index (χ0) is 23.2. The van der Waals surface area contributed by atoms with Gasteiger partial charge in [-0.1, -0.05) is 36.4 Å². The van der Waals surface area contributed by atoms with Crippen LogP contribution < -0.4 is 14.8 Å². The number of aryl methyl sites for hydroxylation is 3. The molecule has 1 fully saturated rings. The molecule has 2 aromatic carbocycles. The Kier molecular flexibility index (Phi) is 7.28. The summed E-state index contributed by atoms with van der Waals surface area (Å²) < 4.78 is 11.8. The van der Waals surface area contributed by atoms with Crippen LogP contribution in [0.4, 0.5) is 0 Å². The lowest BCUT2D eigenvalue weighted by Crippen LogP contribution is -2.23. The molecule has 33 heavy (non-hydrogen) atoms. The van der Waals surface area contributed by atoms with Crippen molar-refractivity contribution in [2.75, 3.05) is 6.61 Å². The number of rotatable bonds is 10. The molecule has 3 aromatic rings. The van der Waals surface area contributed by atoms with E-state index in [1.165, 1.54) is 24.0 Å². The van der Waals surface area contributed by atoms with Gasteiger partial charge in [0.05, 0.1) is 12.6 Å². The van der Waals surface area contributed by atoms with Crippen LogP contribution in [-0.4, -0.2) is 17.5 Å². The highest BCUT2D eigenvalue weighted by molar-refractivity contribution is 5.73. The third kappa shape index (κ3) is 6.82. The van der Waals surface area contributed by atoms with Gasteiger partial charge < -0.3 is 14.8 Å². The predicted octanol–water partition coefficient (Wildman–Crippen LogP) is 5.95. The summed E-state index contributed by atoms with van der Waals surface area (Å²) in [5, 5.41) is 2.92. The van der Waals surface area contributed by atoms with Crippen molar-refractivity contribution in [1.82, 2.24) is 10.3 Å². The Labute approximate surface area is 196 Å². The number of pyridine rings is 1. The molecule has 1 amide bonds. The van der Waals surface area contributed by atoms with Gasteiger partial charge in [0, 0.05) is 24.8 Å². The maximum atomic E-state index is 11.2. The van der Waals surface area contributed by atoms with Gasteiger partial charge in [0.25, 0.3) is 0 Å². The van der Waals surface area contributed by atoms with E-state index in [1.54, 1.807) is 6.92 Å². The Morgan fingerprint density at radius 2 is 1.82 bits per heavy atom. The van der Waals surface area contributed by atoms with Crippen molar-refractivity contribution in [2.45, 2.75) is 52.5 Å². The Bertz CT molecular complexity index is 1090. The molecule has 0 aliphatic heterocycles. The van der Waals surface area contributed by atoms with Gasteiger partial charge in [0.15, 0.2) is 0 Å². The number of aromatic nitrogens is 1. The van der Waals surface area contributed by atoms with Crippen LogP contribution in [0.15, 0.2) is 60.7 Å². The van der Waals surface area contributed by atoms with Crippen molar-refractivity contribution < 1.29 is 14.3 Å². The van der Waals surface area contributed by atoms with E-state index < -0.39 is 0 Å². The fourth-order valence-electron chi connectivity index (χ4n) is 3.77. The number of benzene rings is 2. The molecular formula is C28H32N2O3. The van der Waals surface area contributed by atoms with Gasteiger partial charge in [-0.3, -0.25) is 4.79 Å². The summed E-state index contributed by atoms with van der Waals surface area (Å²) in [7, 11) is 0. The van der Waals surface area contributed by atoms with Crippen LogP contribution in [0.3, 0.4) is 0 Å². The van der Waals surface area contributed by atoms with Crippen LogP contribution in [0.1, 0.15) is 55.1 Å². The second-order valence-corrected chi connectivity index (χ2v) is 8.89. The highest BCUT2D eigenvalue weighted by Crippen LogP contribution is 2.31. The molecule has 1 unspecified atom stereocenters. The first-order valence-electron chi connectivity index (χ1n) is 11.7. The molecule has 1 atom stereocenters. The first-order chi connectivity index (χ1) is 16.0. The zero-order valence-corrected chi connectivity index (χ0v) is 19.6. The molecule has 1 aliphatic rings. The van der Waals surface area contributed by atoms with E-state index in [4.69, 9.17) is 9.47 Å². The summed E-state index contributed by atoms with van der Waals surface area (Å²) in [5.41, 5.74) is 4.55. The molecule has 1 aromatic heterocycles. The minimum atomic E-state index is -0.0170. The van der Waals surface area contributed by atoms with Crippen molar-refractivity contribution in [3.63, 3.8) is 0 Å². The topological polar surface area (TPSA) is 60.5 Å². The second-order valence-electron chi connectivity index (χ2n) is 8.89. The molecule has 0 bridgehead atoms. The van der Waals surface area contributed by atoms with Crippen LogP contribution in [-0.2, 0) is 17.6 Å². The largest absolute Gasteiger partial charge is 0.493 e. The number of carbonyl (C=O) groups excluding carboxylic acids is 1. The van der Waals surface area contributed by atoms with Gasteiger partial charge >= 0.3 is 0 Å². The Morgan fingerprint density at radius 3 is 2.52 bits per heavy atom. The van der Waals surface area contributed by atoms with Gasteiger partial charge in [0.1, 0.15) is 11.5 Å². The van der Waals surface area contributed by atoms with E-state index in [0.717, 1.165) is 48.1 Å². The average molecular weight is 445 g/mol. The minimum absolute atomic E-state index is 0.0148. The first-order valence-corrected chi connectivity index (χ1v) is 11.7. The summed E-state index contributed by atoms with van der Waals surface area (Å²) in [5.74, 6) is 2.86. The molecule has 0 saturated heterocycles. The fraction of sp³-hybridized carbons (Fsp3) is 0.357. The zero-order valence-electron chi connectivity index (χ0n) is 19.6. The van der Waals surface area contributed by atoms with E-state index in [-0.39, 0.29) is 11.9 Å². The van der Waals surface area contributed by atoms with E-state index in [9.17, 15) is 4.79 Å². The molecule has 1 N–H and O–H groups in total. The lowest BCUT2D eigenvalue weighted by atomic mass is 10.0. The monoisotopic (exact) mass is 444 g/mol. The van der Waals surface area contributed by atoms with Gasteiger partial charge in [-0.25, -0.2) is 4.98 Å². The first kappa shape index (κ1) is 22.8. The molecule has 0 radical (unpaired) electrons. The minimum Gasteiger partial charge on any atom is -0.493 e. The maximum absolute atomic E-state index is 11.2. The quantitative estimate of drug-likeness (QED) is 0.420. The number of ether oxygens (including phenoxy) is 2. The SMILES string of the molecule is CC(=O)NC(C)c1ccc(CCc2ccc(Oc3cccc(OCC4CC4)c3)nc2C)cc1. The van der Waals surface area contributed by atoms with Crippen LogP contribution in [0.25, 0.3) is 0 Å². The maximum Gasteiger partial charge on any atom is 0.219 e. The average Bonchev–Trinajstić information content (AvgIpc) is 3.62. The van der Waals surface area contributed by atoms with Crippen molar-refractivity contribution >= 4 is 5.91 Å². The predicted molar refractivity (Wildman–Crippen MR) is 130 cm³/mol. The summed E-state index contributed by atoms with van der Waals surface area (Å²) in [4.78, 5) is 15.9. The van der Waals surface area contributed by atoms with Gasteiger partial charge in [-0.15, -0.1) is 0 Å². The second kappa shape index (κ2) is 10.5. The van der Waals surface area contributed by atoms with E-state index >= 15 is 0 Å². The lowest BCUT2D eigenvalue weighted by molar-refractivity contribution is -0.119. The lowest BCUT2D eigenvalue weighted by Gasteiger charge is -2.13.